The minimum Gasteiger partial charge on any atom is -0.508 e. The second-order valence-electron chi connectivity index (χ2n) is 4.91. The fraction of sp³-hybridized carbons (Fsp3) is 0.188. The lowest BCUT2D eigenvalue weighted by molar-refractivity contribution is 0.0733. The van der Waals surface area contributed by atoms with Crippen LogP contribution in [0.3, 0.4) is 0 Å². The van der Waals surface area contributed by atoms with Gasteiger partial charge in [0.1, 0.15) is 5.75 Å². The van der Waals surface area contributed by atoms with E-state index in [1.54, 1.807) is 12.1 Å². The number of phenolic OH excluding ortho intramolecular Hbond substituents is 1. The third-order valence-electron chi connectivity index (χ3n) is 3.59. The minimum atomic E-state index is 0.0199. The van der Waals surface area contributed by atoms with E-state index in [-0.39, 0.29) is 11.7 Å². The van der Waals surface area contributed by atoms with Crippen molar-refractivity contribution in [2.45, 2.75) is 13.0 Å². The first-order valence-electron chi connectivity index (χ1n) is 6.50. The van der Waals surface area contributed by atoms with Gasteiger partial charge in [-0.1, -0.05) is 18.2 Å². The molecule has 1 aliphatic rings. The van der Waals surface area contributed by atoms with Crippen LogP contribution in [0, 0.1) is 0 Å². The molecule has 0 atom stereocenters. The summed E-state index contributed by atoms with van der Waals surface area (Å²) in [6.07, 6.45) is 0.825. The summed E-state index contributed by atoms with van der Waals surface area (Å²) in [6.45, 7) is 1.25. The van der Waals surface area contributed by atoms with Gasteiger partial charge in [0.15, 0.2) is 0 Å². The minimum absolute atomic E-state index is 0.0199. The maximum absolute atomic E-state index is 12.5. The molecule has 1 N–H and O–H groups in total. The average Bonchev–Trinajstić information content (AvgIpc) is 2.46. The smallest absolute Gasteiger partial charge is 0.255 e. The zero-order valence-corrected chi connectivity index (χ0v) is 12.4. The van der Waals surface area contributed by atoms with Gasteiger partial charge in [-0.15, -0.1) is 0 Å². The molecule has 2 aromatic carbocycles. The average molecular weight is 332 g/mol. The zero-order valence-electron chi connectivity index (χ0n) is 10.8. The third-order valence-corrected chi connectivity index (χ3v) is 4.29. The SMILES string of the molecule is O=C(c1ccccc1Br)N1CCc2ccc(O)cc2C1. The van der Waals surface area contributed by atoms with Gasteiger partial charge in [-0.05, 0) is 57.7 Å². The van der Waals surface area contributed by atoms with E-state index in [1.165, 1.54) is 5.56 Å². The fourth-order valence-corrected chi connectivity index (χ4v) is 2.98. The zero-order chi connectivity index (χ0) is 14.1. The van der Waals surface area contributed by atoms with Crippen molar-refractivity contribution in [3.63, 3.8) is 0 Å². The predicted octanol–water partition coefficient (Wildman–Crippen LogP) is 3.35. The normalized spacial score (nSPS) is 13.9. The number of halogens is 1. The van der Waals surface area contributed by atoms with Crippen LogP contribution >= 0.6 is 15.9 Å². The Kier molecular flexibility index (Phi) is 3.49. The molecule has 0 radical (unpaired) electrons. The van der Waals surface area contributed by atoms with Gasteiger partial charge in [0, 0.05) is 17.6 Å². The molecule has 1 heterocycles. The van der Waals surface area contributed by atoms with Crippen LogP contribution in [-0.2, 0) is 13.0 Å². The molecule has 0 aromatic heterocycles. The monoisotopic (exact) mass is 331 g/mol. The Bertz CT molecular complexity index is 669. The third kappa shape index (κ3) is 2.43. The van der Waals surface area contributed by atoms with Crippen molar-refractivity contribution in [3.8, 4) is 5.75 Å². The molecule has 0 saturated carbocycles. The van der Waals surface area contributed by atoms with Crippen LogP contribution in [0.4, 0.5) is 0 Å². The Morgan fingerprint density at radius 2 is 1.95 bits per heavy atom. The molecule has 2 aromatic rings. The van der Waals surface area contributed by atoms with E-state index >= 15 is 0 Å². The standard InChI is InChI=1S/C16H14BrNO2/c17-15-4-2-1-3-14(15)16(20)18-8-7-11-5-6-13(19)9-12(11)10-18/h1-6,9,19H,7-8,10H2. The van der Waals surface area contributed by atoms with E-state index in [4.69, 9.17) is 0 Å². The van der Waals surface area contributed by atoms with Gasteiger partial charge in [-0.2, -0.15) is 0 Å². The molecule has 102 valence electrons. The molecule has 20 heavy (non-hydrogen) atoms. The van der Waals surface area contributed by atoms with Crippen molar-refractivity contribution in [2.75, 3.05) is 6.54 Å². The summed E-state index contributed by atoms with van der Waals surface area (Å²) in [4.78, 5) is 14.4. The molecule has 0 bridgehead atoms. The number of carbonyl (C=O) groups excluding carboxylic acids is 1. The van der Waals surface area contributed by atoms with Gasteiger partial charge >= 0.3 is 0 Å². The highest BCUT2D eigenvalue weighted by Gasteiger charge is 2.23. The molecule has 3 nitrogen and oxygen atoms in total. The Morgan fingerprint density at radius 1 is 1.15 bits per heavy atom. The van der Waals surface area contributed by atoms with Crippen molar-refractivity contribution in [1.82, 2.24) is 4.90 Å². The summed E-state index contributed by atoms with van der Waals surface area (Å²) in [5, 5.41) is 9.56. The second-order valence-corrected chi connectivity index (χ2v) is 5.76. The molecular formula is C16H14BrNO2. The van der Waals surface area contributed by atoms with E-state index in [0.717, 1.165) is 16.5 Å². The fourth-order valence-electron chi connectivity index (χ4n) is 2.52. The highest BCUT2D eigenvalue weighted by molar-refractivity contribution is 9.10. The molecule has 0 aliphatic carbocycles. The number of nitrogens with zero attached hydrogens (tertiary/aromatic N) is 1. The Hall–Kier alpha value is -1.81. The van der Waals surface area contributed by atoms with E-state index < -0.39 is 0 Å². The summed E-state index contributed by atoms with van der Waals surface area (Å²) in [6, 6.07) is 12.8. The largest absolute Gasteiger partial charge is 0.508 e. The van der Waals surface area contributed by atoms with Gasteiger partial charge in [-0.25, -0.2) is 0 Å². The number of benzene rings is 2. The highest BCUT2D eigenvalue weighted by Crippen LogP contribution is 2.25. The van der Waals surface area contributed by atoms with Gasteiger partial charge in [0.05, 0.1) is 5.56 Å². The van der Waals surface area contributed by atoms with Crippen LogP contribution in [0.5, 0.6) is 5.75 Å². The Labute approximate surface area is 126 Å². The first-order valence-corrected chi connectivity index (χ1v) is 7.29. The molecule has 1 amide bonds. The number of hydrogen-bond donors (Lipinski definition) is 1. The van der Waals surface area contributed by atoms with Crippen molar-refractivity contribution in [1.29, 1.82) is 0 Å². The van der Waals surface area contributed by atoms with Crippen LogP contribution in [0.1, 0.15) is 21.5 Å². The first-order chi connectivity index (χ1) is 9.65. The summed E-state index contributed by atoms with van der Waals surface area (Å²) in [5.74, 6) is 0.269. The molecule has 0 saturated heterocycles. The molecule has 0 fully saturated rings. The van der Waals surface area contributed by atoms with Crippen molar-refractivity contribution >= 4 is 21.8 Å². The summed E-state index contributed by atoms with van der Waals surface area (Å²) in [7, 11) is 0. The number of amides is 1. The number of aromatic hydroxyl groups is 1. The second kappa shape index (κ2) is 5.29. The number of fused-ring (bicyclic) bond motifs is 1. The van der Waals surface area contributed by atoms with E-state index in [9.17, 15) is 9.90 Å². The highest BCUT2D eigenvalue weighted by atomic mass is 79.9. The molecule has 1 aliphatic heterocycles. The molecular weight excluding hydrogens is 318 g/mol. The summed E-state index contributed by atoms with van der Waals surface area (Å²) in [5.41, 5.74) is 2.91. The lowest BCUT2D eigenvalue weighted by Crippen LogP contribution is -2.36. The Morgan fingerprint density at radius 3 is 2.75 bits per heavy atom. The number of rotatable bonds is 1. The quantitative estimate of drug-likeness (QED) is 0.870. The van der Waals surface area contributed by atoms with Crippen LogP contribution in [0.25, 0.3) is 0 Å². The van der Waals surface area contributed by atoms with Crippen LogP contribution < -0.4 is 0 Å². The van der Waals surface area contributed by atoms with Gasteiger partial charge in [-0.3, -0.25) is 4.79 Å². The maximum Gasteiger partial charge on any atom is 0.255 e. The number of hydrogen-bond acceptors (Lipinski definition) is 2. The first kappa shape index (κ1) is 13.2. The van der Waals surface area contributed by atoms with Crippen LogP contribution in [-0.4, -0.2) is 22.5 Å². The molecule has 0 unspecified atom stereocenters. The van der Waals surface area contributed by atoms with Crippen molar-refractivity contribution in [3.05, 3.63) is 63.6 Å². The van der Waals surface area contributed by atoms with Gasteiger partial charge < -0.3 is 10.0 Å². The molecule has 4 heteroatoms. The van der Waals surface area contributed by atoms with Gasteiger partial charge in [0.2, 0.25) is 0 Å². The number of carbonyl (C=O) groups is 1. The summed E-state index contributed by atoms with van der Waals surface area (Å²) >= 11 is 3.42. The Balaban J connectivity index is 1.87. The van der Waals surface area contributed by atoms with E-state index in [0.29, 0.717) is 18.7 Å². The van der Waals surface area contributed by atoms with E-state index in [1.807, 2.05) is 35.2 Å². The molecule has 0 spiro atoms. The van der Waals surface area contributed by atoms with Crippen LogP contribution in [0.2, 0.25) is 0 Å². The lowest BCUT2D eigenvalue weighted by atomic mass is 9.99. The van der Waals surface area contributed by atoms with Crippen LogP contribution in [0.15, 0.2) is 46.9 Å². The van der Waals surface area contributed by atoms with Crippen molar-refractivity contribution in [2.24, 2.45) is 0 Å². The molecule has 3 rings (SSSR count). The maximum atomic E-state index is 12.5. The topological polar surface area (TPSA) is 40.5 Å². The number of phenols is 1. The van der Waals surface area contributed by atoms with Crippen molar-refractivity contribution < 1.29 is 9.90 Å². The summed E-state index contributed by atoms with van der Waals surface area (Å²) < 4.78 is 0.812. The predicted molar refractivity (Wildman–Crippen MR) is 80.7 cm³/mol. The van der Waals surface area contributed by atoms with E-state index in [2.05, 4.69) is 15.9 Å². The lowest BCUT2D eigenvalue weighted by Gasteiger charge is -2.29. The van der Waals surface area contributed by atoms with Gasteiger partial charge in [0.25, 0.3) is 5.91 Å².